The molecule has 1 heterocycles. The lowest BCUT2D eigenvalue weighted by atomic mass is 10.1. The summed E-state index contributed by atoms with van der Waals surface area (Å²) in [7, 11) is 0. The van der Waals surface area contributed by atoms with Crippen LogP contribution in [0.1, 0.15) is 50.8 Å². The predicted molar refractivity (Wildman–Crippen MR) is 70.2 cm³/mol. The van der Waals surface area contributed by atoms with Crippen molar-refractivity contribution >= 4 is 0 Å². The normalized spacial score (nSPS) is 14.0. The Morgan fingerprint density at radius 1 is 1.24 bits per heavy atom. The quantitative estimate of drug-likeness (QED) is 0.774. The first-order valence-electron chi connectivity index (χ1n) is 6.22. The molecule has 0 aliphatic carbocycles. The molecule has 0 aliphatic rings. The van der Waals surface area contributed by atoms with E-state index in [9.17, 15) is 0 Å². The van der Waals surface area contributed by atoms with Crippen LogP contribution < -0.4 is 10.6 Å². The zero-order valence-corrected chi connectivity index (χ0v) is 11.8. The molecule has 0 saturated heterocycles. The van der Waals surface area contributed by atoms with Gasteiger partial charge >= 0.3 is 0 Å². The summed E-state index contributed by atoms with van der Waals surface area (Å²) in [5.74, 6) is 0.909. The molecule has 1 aromatic rings. The Morgan fingerprint density at radius 3 is 2.35 bits per heavy atom. The molecule has 0 fully saturated rings. The van der Waals surface area contributed by atoms with Crippen molar-refractivity contribution in [2.75, 3.05) is 13.1 Å². The Hall–Kier alpha value is -0.870. The van der Waals surface area contributed by atoms with E-state index in [1.54, 1.807) is 0 Å². The fourth-order valence-electron chi connectivity index (χ4n) is 1.94. The molecule has 1 unspecified atom stereocenters. The molecule has 0 bridgehead atoms. The molecule has 0 saturated carbocycles. The third-order valence-corrected chi connectivity index (χ3v) is 2.75. The van der Waals surface area contributed by atoms with Gasteiger partial charge in [0.15, 0.2) is 0 Å². The van der Waals surface area contributed by atoms with Gasteiger partial charge in [0.2, 0.25) is 0 Å². The summed E-state index contributed by atoms with van der Waals surface area (Å²) in [6, 6.07) is 0.281. The average Bonchev–Trinajstić information content (AvgIpc) is 2.52. The molecule has 0 aliphatic heterocycles. The Morgan fingerprint density at radius 2 is 1.88 bits per heavy atom. The van der Waals surface area contributed by atoms with Crippen molar-refractivity contribution < 1.29 is 4.52 Å². The molecule has 17 heavy (non-hydrogen) atoms. The van der Waals surface area contributed by atoms with E-state index < -0.39 is 0 Å². The monoisotopic (exact) mass is 239 g/mol. The van der Waals surface area contributed by atoms with Crippen LogP contribution in [0.4, 0.5) is 0 Å². The van der Waals surface area contributed by atoms with Crippen LogP contribution in [0.3, 0.4) is 0 Å². The van der Waals surface area contributed by atoms with E-state index in [1.807, 2.05) is 13.8 Å². The van der Waals surface area contributed by atoms with E-state index >= 15 is 0 Å². The summed E-state index contributed by atoms with van der Waals surface area (Å²) < 4.78 is 5.17. The van der Waals surface area contributed by atoms with Crippen molar-refractivity contribution in [3.05, 3.63) is 17.0 Å². The minimum atomic E-state index is 0.175. The van der Waals surface area contributed by atoms with Crippen molar-refractivity contribution in [1.82, 2.24) is 15.8 Å². The molecule has 2 N–H and O–H groups in total. The Balaban J connectivity index is 2.38. The standard InChI is InChI=1S/C13H25N3O/c1-9(12-10(2)16-17-11(12)3)14-7-8-15-13(4,5)6/h9,14-15H,7-8H2,1-6H3. The topological polar surface area (TPSA) is 50.1 Å². The second-order valence-electron chi connectivity index (χ2n) is 5.59. The number of hydrogen-bond donors (Lipinski definition) is 2. The number of hydrogen-bond acceptors (Lipinski definition) is 4. The van der Waals surface area contributed by atoms with Crippen LogP contribution in [0.2, 0.25) is 0 Å². The minimum Gasteiger partial charge on any atom is -0.361 e. The highest BCUT2D eigenvalue weighted by Crippen LogP contribution is 2.20. The summed E-state index contributed by atoms with van der Waals surface area (Å²) in [6.07, 6.45) is 0. The molecule has 1 aromatic heterocycles. The van der Waals surface area contributed by atoms with Gasteiger partial charge in [-0.1, -0.05) is 5.16 Å². The highest BCUT2D eigenvalue weighted by atomic mass is 16.5. The Bertz CT molecular complexity index is 333. The third-order valence-electron chi connectivity index (χ3n) is 2.75. The SMILES string of the molecule is Cc1noc(C)c1C(C)NCCNC(C)(C)C. The Labute approximate surface area is 104 Å². The van der Waals surface area contributed by atoms with Gasteiger partial charge in [-0.2, -0.15) is 0 Å². The smallest absolute Gasteiger partial charge is 0.138 e. The molecule has 1 atom stereocenters. The first-order valence-corrected chi connectivity index (χ1v) is 6.22. The van der Waals surface area contributed by atoms with Crippen molar-refractivity contribution in [2.45, 2.75) is 53.1 Å². The second kappa shape index (κ2) is 5.65. The zero-order chi connectivity index (χ0) is 13.1. The van der Waals surface area contributed by atoms with Crippen molar-refractivity contribution in [3.63, 3.8) is 0 Å². The largest absolute Gasteiger partial charge is 0.361 e. The van der Waals surface area contributed by atoms with E-state index in [4.69, 9.17) is 4.52 Å². The molecule has 4 nitrogen and oxygen atoms in total. The molecular weight excluding hydrogens is 214 g/mol. The van der Waals surface area contributed by atoms with Crippen LogP contribution in [0.5, 0.6) is 0 Å². The van der Waals surface area contributed by atoms with Crippen LogP contribution in [0.25, 0.3) is 0 Å². The first-order chi connectivity index (χ1) is 7.81. The maximum Gasteiger partial charge on any atom is 0.138 e. The molecule has 0 aromatic carbocycles. The van der Waals surface area contributed by atoms with Crippen LogP contribution in [0, 0.1) is 13.8 Å². The number of aromatic nitrogens is 1. The fraction of sp³-hybridized carbons (Fsp3) is 0.769. The van der Waals surface area contributed by atoms with Gasteiger partial charge in [0, 0.05) is 30.2 Å². The maximum absolute atomic E-state index is 5.17. The van der Waals surface area contributed by atoms with Crippen LogP contribution >= 0.6 is 0 Å². The highest BCUT2D eigenvalue weighted by Gasteiger charge is 2.15. The van der Waals surface area contributed by atoms with E-state index in [-0.39, 0.29) is 11.6 Å². The summed E-state index contributed by atoms with van der Waals surface area (Å²) in [6.45, 7) is 14.5. The van der Waals surface area contributed by atoms with Gasteiger partial charge in [-0.15, -0.1) is 0 Å². The maximum atomic E-state index is 5.17. The summed E-state index contributed by atoms with van der Waals surface area (Å²) in [4.78, 5) is 0. The van der Waals surface area contributed by atoms with E-state index in [0.29, 0.717) is 0 Å². The van der Waals surface area contributed by atoms with Gasteiger partial charge in [-0.05, 0) is 41.5 Å². The Kier molecular flexibility index (Phi) is 4.71. The zero-order valence-electron chi connectivity index (χ0n) is 11.8. The molecule has 1 rings (SSSR count). The third kappa shape index (κ3) is 4.48. The van der Waals surface area contributed by atoms with Gasteiger partial charge < -0.3 is 15.2 Å². The van der Waals surface area contributed by atoms with Crippen LogP contribution in [0.15, 0.2) is 4.52 Å². The van der Waals surface area contributed by atoms with Gasteiger partial charge in [-0.25, -0.2) is 0 Å². The van der Waals surface area contributed by atoms with E-state index in [2.05, 4.69) is 43.5 Å². The molecule has 0 radical (unpaired) electrons. The number of nitrogens with zero attached hydrogens (tertiary/aromatic N) is 1. The molecule has 98 valence electrons. The van der Waals surface area contributed by atoms with Crippen LogP contribution in [-0.2, 0) is 0 Å². The van der Waals surface area contributed by atoms with E-state index in [0.717, 1.165) is 24.5 Å². The number of aryl methyl sites for hydroxylation is 2. The second-order valence-corrected chi connectivity index (χ2v) is 5.59. The molecular formula is C13H25N3O. The number of rotatable bonds is 5. The first kappa shape index (κ1) is 14.2. The van der Waals surface area contributed by atoms with Crippen molar-refractivity contribution in [3.8, 4) is 0 Å². The molecule has 0 spiro atoms. The van der Waals surface area contributed by atoms with Gasteiger partial charge in [0.1, 0.15) is 5.76 Å². The average molecular weight is 239 g/mol. The van der Waals surface area contributed by atoms with Gasteiger partial charge in [-0.3, -0.25) is 0 Å². The van der Waals surface area contributed by atoms with Gasteiger partial charge in [0.25, 0.3) is 0 Å². The fourth-order valence-corrected chi connectivity index (χ4v) is 1.94. The number of nitrogens with one attached hydrogen (secondary N) is 2. The molecule has 0 amide bonds. The highest BCUT2D eigenvalue weighted by molar-refractivity contribution is 5.24. The summed E-state index contributed by atoms with van der Waals surface area (Å²) >= 11 is 0. The van der Waals surface area contributed by atoms with Crippen molar-refractivity contribution in [2.24, 2.45) is 0 Å². The lowest BCUT2D eigenvalue weighted by molar-refractivity contribution is 0.389. The summed E-state index contributed by atoms with van der Waals surface area (Å²) in [5, 5.41) is 10.9. The molecule has 4 heteroatoms. The predicted octanol–water partition coefficient (Wildman–Crippen LogP) is 2.33. The minimum absolute atomic E-state index is 0.175. The van der Waals surface area contributed by atoms with Gasteiger partial charge in [0.05, 0.1) is 5.69 Å². The lowest BCUT2D eigenvalue weighted by Gasteiger charge is -2.21. The van der Waals surface area contributed by atoms with Crippen LogP contribution in [-0.4, -0.2) is 23.8 Å². The lowest BCUT2D eigenvalue weighted by Crippen LogP contribution is -2.40. The van der Waals surface area contributed by atoms with Crippen molar-refractivity contribution in [1.29, 1.82) is 0 Å². The summed E-state index contributed by atoms with van der Waals surface area (Å²) in [5.41, 5.74) is 2.33. The van der Waals surface area contributed by atoms with E-state index in [1.165, 1.54) is 5.56 Å².